The van der Waals surface area contributed by atoms with E-state index in [0.717, 1.165) is 23.3 Å². The summed E-state index contributed by atoms with van der Waals surface area (Å²) in [5, 5.41) is 8.60. The number of aryl methyl sites for hydroxylation is 1. The smallest absolute Gasteiger partial charge is 0.263 e. The summed E-state index contributed by atoms with van der Waals surface area (Å²) in [6.07, 6.45) is 10.1. The number of nitrogens with zero attached hydrogens (tertiary/aromatic N) is 3. The minimum atomic E-state index is 0.514. The van der Waals surface area contributed by atoms with Gasteiger partial charge in [0.2, 0.25) is 0 Å². The Morgan fingerprint density at radius 2 is 2.00 bits per heavy atom. The summed E-state index contributed by atoms with van der Waals surface area (Å²) in [6.45, 7) is 2.07. The van der Waals surface area contributed by atoms with Gasteiger partial charge in [0, 0.05) is 6.04 Å². The van der Waals surface area contributed by atoms with Gasteiger partial charge in [0.1, 0.15) is 17.5 Å². The lowest BCUT2D eigenvalue weighted by molar-refractivity contribution is 0.439. The van der Waals surface area contributed by atoms with Gasteiger partial charge in [-0.3, -0.25) is 0 Å². The molecule has 2 aromatic heterocycles. The summed E-state index contributed by atoms with van der Waals surface area (Å²) in [6, 6.07) is 0.514. The van der Waals surface area contributed by atoms with Crippen LogP contribution in [0.1, 0.15) is 51.1 Å². The first-order chi connectivity index (χ1) is 9.38. The number of hydrogen-bond acceptors (Lipinski definition) is 5. The van der Waals surface area contributed by atoms with Gasteiger partial charge in [-0.25, -0.2) is 4.98 Å². The van der Waals surface area contributed by atoms with E-state index in [4.69, 9.17) is 4.52 Å². The van der Waals surface area contributed by atoms with E-state index in [1.54, 1.807) is 6.33 Å². The number of anilines is 1. The van der Waals surface area contributed by atoms with Crippen LogP contribution in [0.5, 0.6) is 0 Å². The topological polar surface area (TPSA) is 63.8 Å². The molecule has 1 aliphatic carbocycles. The molecule has 2 heterocycles. The lowest BCUT2D eigenvalue weighted by Crippen LogP contribution is -2.19. The third-order valence-electron chi connectivity index (χ3n) is 3.87. The quantitative estimate of drug-likeness (QED) is 0.858. The molecule has 0 saturated heterocycles. The highest BCUT2D eigenvalue weighted by atomic mass is 16.5. The molecule has 0 atom stereocenters. The van der Waals surface area contributed by atoms with Crippen molar-refractivity contribution in [2.24, 2.45) is 0 Å². The molecular weight excluding hydrogens is 240 g/mol. The van der Waals surface area contributed by atoms with Crippen molar-refractivity contribution in [1.29, 1.82) is 0 Å². The zero-order valence-electron chi connectivity index (χ0n) is 11.4. The Hall–Kier alpha value is -1.65. The van der Waals surface area contributed by atoms with Crippen molar-refractivity contribution in [3.63, 3.8) is 0 Å². The van der Waals surface area contributed by atoms with Gasteiger partial charge in [0.15, 0.2) is 0 Å². The predicted octanol–water partition coefficient (Wildman–Crippen LogP) is 3.31. The first-order valence-corrected chi connectivity index (χ1v) is 7.24. The molecule has 0 unspecified atom stereocenters. The van der Waals surface area contributed by atoms with Crippen LogP contribution in [0.3, 0.4) is 0 Å². The second kappa shape index (κ2) is 5.55. The number of aromatic nitrogens is 3. The van der Waals surface area contributed by atoms with Crippen molar-refractivity contribution in [3.8, 4) is 0 Å². The van der Waals surface area contributed by atoms with Crippen LogP contribution in [-0.4, -0.2) is 21.2 Å². The average Bonchev–Trinajstić information content (AvgIpc) is 2.69. The van der Waals surface area contributed by atoms with E-state index >= 15 is 0 Å². The normalized spacial score (nSPS) is 17.5. The third-order valence-corrected chi connectivity index (χ3v) is 3.87. The summed E-state index contributed by atoms with van der Waals surface area (Å²) in [5.41, 5.74) is 1.52. The zero-order chi connectivity index (χ0) is 13.1. The van der Waals surface area contributed by atoms with E-state index in [1.165, 1.54) is 38.5 Å². The average molecular weight is 260 g/mol. The van der Waals surface area contributed by atoms with Crippen LogP contribution in [-0.2, 0) is 6.42 Å². The van der Waals surface area contributed by atoms with Crippen LogP contribution in [0.2, 0.25) is 0 Å². The van der Waals surface area contributed by atoms with Gasteiger partial charge in [-0.2, -0.15) is 4.98 Å². The molecule has 0 amide bonds. The minimum absolute atomic E-state index is 0.514. The lowest BCUT2D eigenvalue weighted by Gasteiger charge is -2.17. The minimum Gasteiger partial charge on any atom is -0.367 e. The van der Waals surface area contributed by atoms with Gasteiger partial charge < -0.3 is 9.84 Å². The SMILES string of the molecule is CCc1noc2ncnc(NC3CCCCCC3)c12. The second-order valence-electron chi connectivity index (χ2n) is 5.22. The van der Waals surface area contributed by atoms with Gasteiger partial charge in [-0.1, -0.05) is 37.8 Å². The number of hydrogen-bond donors (Lipinski definition) is 1. The van der Waals surface area contributed by atoms with Crippen molar-refractivity contribution < 1.29 is 4.52 Å². The van der Waals surface area contributed by atoms with E-state index in [9.17, 15) is 0 Å². The van der Waals surface area contributed by atoms with Crippen molar-refractivity contribution in [2.75, 3.05) is 5.32 Å². The van der Waals surface area contributed by atoms with E-state index in [2.05, 4.69) is 27.4 Å². The Bertz CT molecular complexity index is 543. The van der Waals surface area contributed by atoms with Crippen LogP contribution in [0.4, 0.5) is 5.82 Å². The standard InChI is InChI=1S/C14H20N4O/c1-2-11-12-13(15-9-16-14(12)19-18-11)17-10-7-5-3-4-6-8-10/h9-10H,2-8H2,1H3,(H,15,16,17). The molecule has 1 saturated carbocycles. The van der Waals surface area contributed by atoms with Crippen LogP contribution >= 0.6 is 0 Å². The number of rotatable bonds is 3. The molecule has 0 aliphatic heterocycles. The maximum Gasteiger partial charge on any atom is 0.263 e. The maximum absolute atomic E-state index is 5.25. The van der Waals surface area contributed by atoms with Crippen LogP contribution in [0, 0.1) is 0 Å². The summed E-state index contributed by atoms with van der Waals surface area (Å²) in [7, 11) is 0. The van der Waals surface area contributed by atoms with Gasteiger partial charge in [-0.15, -0.1) is 0 Å². The molecule has 1 fully saturated rings. The largest absolute Gasteiger partial charge is 0.367 e. The predicted molar refractivity (Wildman–Crippen MR) is 74.1 cm³/mol. The Morgan fingerprint density at radius 3 is 2.74 bits per heavy atom. The van der Waals surface area contributed by atoms with Gasteiger partial charge in [-0.05, 0) is 19.3 Å². The lowest BCUT2D eigenvalue weighted by atomic mass is 10.1. The van der Waals surface area contributed by atoms with Gasteiger partial charge in [0.05, 0.1) is 5.69 Å². The molecule has 19 heavy (non-hydrogen) atoms. The Kier molecular flexibility index (Phi) is 3.62. The van der Waals surface area contributed by atoms with E-state index in [-0.39, 0.29) is 0 Å². The number of fused-ring (bicyclic) bond motifs is 1. The monoisotopic (exact) mass is 260 g/mol. The van der Waals surface area contributed by atoms with E-state index in [1.807, 2.05) is 0 Å². The first kappa shape index (κ1) is 12.4. The van der Waals surface area contributed by atoms with Crippen molar-refractivity contribution in [2.45, 2.75) is 57.9 Å². The highest BCUT2D eigenvalue weighted by molar-refractivity contribution is 5.87. The molecule has 0 bridgehead atoms. The molecule has 2 aromatic rings. The molecule has 5 nitrogen and oxygen atoms in total. The Morgan fingerprint density at radius 1 is 1.21 bits per heavy atom. The van der Waals surface area contributed by atoms with Crippen molar-refractivity contribution in [1.82, 2.24) is 15.1 Å². The Balaban J connectivity index is 1.88. The fourth-order valence-corrected chi connectivity index (χ4v) is 2.81. The first-order valence-electron chi connectivity index (χ1n) is 7.24. The highest BCUT2D eigenvalue weighted by Gasteiger charge is 2.17. The summed E-state index contributed by atoms with van der Waals surface area (Å²) in [4.78, 5) is 8.53. The molecule has 1 aliphatic rings. The maximum atomic E-state index is 5.25. The van der Waals surface area contributed by atoms with Crippen LogP contribution < -0.4 is 5.32 Å². The van der Waals surface area contributed by atoms with Gasteiger partial charge in [0.25, 0.3) is 5.71 Å². The zero-order valence-corrected chi connectivity index (χ0v) is 11.4. The molecule has 5 heteroatoms. The van der Waals surface area contributed by atoms with E-state index < -0.39 is 0 Å². The summed E-state index contributed by atoms with van der Waals surface area (Å²) >= 11 is 0. The second-order valence-corrected chi connectivity index (χ2v) is 5.22. The fourth-order valence-electron chi connectivity index (χ4n) is 2.81. The summed E-state index contributed by atoms with van der Waals surface area (Å²) < 4.78 is 5.25. The molecule has 0 spiro atoms. The molecule has 0 aromatic carbocycles. The van der Waals surface area contributed by atoms with Crippen molar-refractivity contribution >= 4 is 16.9 Å². The number of nitrogens with one attached hydrogen (secondary N) is 1. The van der Waals surface area contributed by atoms with Crippen molar-refractivity contribution in [3.05, 3.63) is 12.0 Å². The molecular formula is C14H20N4O. The molecule has 0 radical (unpaired) electrons. The molecule has 1 N–H and O–H groups in total. The third kappa shape index (κ3) is 2.55. The van der Waals surface area contributed by atoms with Gasteiger partial charge >= 0.3 is 0 Å². The molecule has 3 rings (SSSR count). The fraction of sp³-hybridized carbons (Fsp3) is 0.643. The molecule has 102 valence electrons. The highest BCUT2D eigenvalue weighted by Crippen LogP contribution is 2.26. The summed E-state index contributed by atoms with van der Waals surface area (Å²) in [5.74, 6) is 0.884. The van der Waals surface area contributed by atoms with Crippen LogP contribution in [0.15, 0.2) is 10.9 Å². The van der Waals surface area contributed by atoms with E-state index in [0.29, 0.717) is 11.8 Å². The Labute approximate surface area is 112 Å². The van der Waals surface area contributed by atoms with Crippen LogP contribution in [0.25, 0.3) is 11.1 Å².